The van der Waals surface area contributed by atoms with Crippen LogP contribution >= 0.6 is 0 Å². The molecule has 0 aromatic heterocycles. The number of carbonyl (C=O) groups excluding carboxylic acids is 4. The normalized spacial score (nSPS) is 13.5. The Morgan fingerprint density at radius 2 is 0.923 bits per heavy atom. The van der Waals surface area contributed by atoms with Crippen molar-refractivity contribution >= 4 is 23.4 Å². The van der Waals surface area contributed by atoms with Crippen molar-refractivity contribution in [2.75, 3.05) is 0 Å². The maximum absolute atomic E-state index is 12.2. The van der Waals surface area contributed by atoms with E-state index in [1.807, 2.05) is 0 Å². The first-order valence-corrected chi connectivity index (χ1v) is 7.79. The summed E-state index contributed by atoms with van der Waals surface area (Å²) in [7, 11) is 0. The summed E-state index contributed by atoms with van der Waals surface area (Å²) >= 11 is 0. The fourth-order valence-corrected chi connectivity index (χ4v) is 2.32. The summed E-state index contributed by atoms with van der Waals surface area (Å²) in [5.74, 6) is -2.14. The lowest BCUT2D eigenvalue weighted by molar-refractivity contribution is -0.115. The van der Waals surface area contributed by atoms with E-state index in [4.69, 9.17) is 0 Å². The molecule has 0 heterocycles. The smallest absolute Gasteiger partial charge is 0.255 e. The quantitative estimate of drug-likeness (QED) is 0.825. The van der Waals surface area contributed by atoms with E-state index in [0.717, 1.165) is 12.2 Å². The fourth-order valence-electron chi connectivity index (χ4n) is 2.32. The SMILES string of the molecule is O=C1C=C(NC(=O)c2ccccc2)C(=O)C=C1NC(=O)c1ccccc1. The summed E-state index contributed by atoms with van der Waals surface area (Å²) in [6, 6.07) is 16.6. The van der Waals surface area contributed by atoms with Gasteiger partial charge in [0.05, 0.1) is 11.4 Å². The molecular weight excluding hydrogens is 332 g/mol. The van der Waals surface area contributed by atoms with Crippen molar-refractivity contribution in [1.29, 1.82) is 0 Å². The van der Waals surface area contributed by atoms with Crippen molar-refractivity contribution in [3.8, 4) is 0 Å². The van der Waals surface area contributed by atoms with E-state index in [0.29, 0.717) is 11.1 Å². The topological polar surface area (TPSA) is 92.3 Å². The predicted molar refractivity (Wildman–Crippen MR) is 94.0 cm³/mol. The summed E-state index contributed by atoms with van der Waals surface area (Å²) < 4.78 is 0. The van der Waals surface area contributed by atoms with Gasteiger partial charge in [0, 0.05) is 23.3 Å². The van der Waals surface area contributed by atoms with E-state index in [1.54, 1.807) is 60.7 Å². The lowest BCUT2D eigenvalue weighted by Crippen LogP contribution is -2.34. The van der Waals surface area contributed by atoms with Crippen LogP contribution in [0.15, 0.2) is 84.2 Å². The maximum atomic E-state index is 12.2. The molecule has 0 saturated heterocycles. The van der Waals surface area contributed by atoms with Gasteiger partial charge in [-0.3, -0.25) is 19.2 Å². The van der Waals surface area contributed by atoms with E-state index in [9.17, 15) is 19.2 Å². The monoisotopic (exact) mass is 346 g/mol. The van der Waals surface area contributed by atoms with Gasteiger partial charge in [-0.05, 0) is 24.3 Å². The van der Waals surface area contributed by atoms with Crippen molar-refractivity contribution in [1.82, 2.24) is 10.6 Å². The van der Waals surface area contributed by atoms with Crippen molar-refractivity contribution < 1.29 is 19.2 Å². The molecule has 2 aromatic carbocycles. The molecule has 1 aliphatic carbocycles. The van der Waals surface area contributed by atoms with Gasteiger partial charge in [0.1, 0.15) is 0 Å². The van der Waals surface area contributed by atoms with Crippen LogP contribution < -0.4 is 10.6 Å². The molecule has 0 radical (unpaired) electrons. The third-order valence-corrected chi connectivity index (χ3v) is 3.65. The third-order valence-electron chi connectivity index (χ3n) is 3.65. The van der Waals surface area contributed by atoms with E-state index < -0.39 is 23.4 Å². The number of rotatable bonds is 4. The van der Waals surface area contributed by atoms with E-state index in [2.05, 4.69) is 10.6 Å². The van der Waals surface area contributed by atoms with Crippen LogP contribution in [0.1, 0.15) is 20.7 Å². The lowest BCUT2D eigenvalue weighted by atomic mass is 10.1. The molecule has 128 valence electrons. The first-order valence-electron chi connectivity index (χ1n) is 7.79. The molecule has 6 heteroatoms. The molecule has 26 heavy (non-hydrogen) atoms. The van der Waals surface area contributed by atoms with Crippen LogP contribution in [-0.2, 0) is 9.59 Å². The molecule has 0 atom stereocenters. The highest BCUT2D eigenvalue weighted by Gasteiger charge is 2.23. The van der Waals surface area contributed by atoms with Gasteiger partial charge in [-0.2, -0.15) is 0 Å². The zero-order chi connectivity index (χ0) is 18.5. The summed E-state index contributed by atoms with van der Waals surface area (Å²) in [4.78, 5) is 48.6. The average molecular weight is 346 g/mol. The molecule has 6 nitrogen and oxygen atoms in total. The number of carbonyl (C=O) groups is 4. The Labute approximate surface area is 149 Å². The van der Waals surface area contributed by atoms with E-state index >= 15 is 0 Å². The zero-order valence-corrected chi connectivity index (χ0v) is 13.6. The average Bonchev–Trinajstić information content (AvgIpc) is 2.67. The highest BCUT2D eigenvalue weighted by Crippen LogP contribution is 2.10. The van der Waals surface area contributed by atoms with Crippen LogP contribution in [0.25, 0.3) is 0 Å². The van der Waals surface area contributed by atoms with Crippen LogP contribution in [0, 0.1) is 0 Å². The van der Waals surface area contributed by atoms with Gasteiger partial charge in [0.2, 0.25) is 11.6 Å². The van der Waals surface area contributed by atoms with Gasteiger partial charge in [0.15, 0.2) is 0 Å². The minimum atomic E-state index is -0.572. The molecule has 2 aromatic rings. The zero-order valence-electron chi connectivity index (χ0n) is 13.6. The Morgan fingerprint density at radius 3 is 1.27 bits per heavy atom. The first kappa shape index (κ1) is 17.0. The van der Waals surface area contributed by atoms with E-state index in [-0.39, 0.29) is 11.4 Å². The number of amides is 2. The van der Waals surface area contributed by atoms with Crippen molar-refractivity contribution in [2.24, 2.45) is 0 Å². The molecule has 0 fully saturated rings. The Hall–Kier alpha value is -3.80. The second-order valence-corrected chi connectivity index (χ2v) is 5.48. The highest BCUT2D eigenvalue weighted by molar-refractivity contribution is 6.22. The second-order valence-electron chi connectivity index (χ2n) is 5.48. The van der Waals surface area contributed by atoms with Gasteiger partial charge in [0.25, 0.3) is 11.8 Å². The van der Waals surface area contributed by atoms with Gasteiger partial charge in [-0.1, -0.05) is 36.4 Å². The first-order chi connectivity index (χ1) is 12.5. The summed E-state index contributed by atoms with van der Waals surface area (Å²) in [6.07, 6.45) is 2.01. The molecular formula is C20H14N2O4. The van der Waals surface area contributed by atoms with Gasteiger partial charge in [-0.15, -0.1) is 0 Å². The molecule has 0 unspecified atom stereocenters. The Kier molecular flexibility index (Phi) is 4.85. The van der Waals surface area contributed by atoms with Gasteiger partial charge < -0.3 is 10.6 Å². The van der Waals surface area contributed by atoms with Crippen LogP contribution in [0.2, 0.25) is 0 Å². The number of ketones is 2. The van der Waals surface area contributed by atoms with Gasteiger partial charge in [-0.25, -0.2) is 0 Å². The molecule has 2 amide bonds. The Bertz CT molecular complexity index is 865. The standard InChI is InChI=1S/C20H14N2O4/c23-17-12-16(22-20(26)14-9-5-2-6-10-14)18(24)11-15(17)21-19(25)13-7-3-1-4-8-13/h1-12H,(H,21,25)(H,22,26). The summed E-state index contributed by atoms with van der Waals surface area (Å²) in [6.45, 7) is 0. The Morgan fingerprint density at radius 1 is 0.577 bits per heavy atom. The molecule has 0 bridgehead atoms. The fraction of sp³-hybridized carbons (Fsp3) is 0. The van der Waals surface area contributed by atoms with Crippen molar-refractivity contribution in [3.63, 3.8) is 0 Å². The molecule has 2 N–H and O–H groups in total. The minimum Gasteiger partial charge on any atom is -0.319 e. The second kappa shape index (κ2) is 7.40. The number of hydrogen-bond acceptors (Lipinski definition) is 4. The molecule has 0 saturated carbocycles. The summed E-state index contributed by atoms with van der Waals surface area (Å²) in [5, 5.41) is 4.83. The van der Waals surface area contributed by atoms with Crippen LogP contribution in [0.4, 0.5) is 0 Å². The number of allylic oxidation sites excluding steroid dienone is 2. The highest BCUT2D eigenvalue weighted by atomic mass is 16.2. The molecule has 1 aliphatic rings. The lowest BCUT2D eigenvalue weighted by Gasteiger charge is -2.14. The maximum Gasteiger partial charge on any atom is 0.255 e. The largest absolute Gasteiger partial charge is 0.319 e. The number of benzene rings is 2. The van der Waals surface area contributed by atoms with Gasteiger partial charge >= 0.3 is 0 Å². The van der Waals surface area contributed by atoms with E-state index in [1.165, 1.54) is 0 Å². The van der Waals surface area contributed by atoms with Crippen LogP contribution in [0.3, 0.4) is 0 Å². The molecule has 0 aliphatic heterocycles. The summed E-state index contributed by atoms with van der Waals surface area (Å²) in [5.41, 5.74) is 0.449. The van der Waals surface area contributed by atoms with Crippen LogP contribution in [0.5, 0.6) is 0 Å². The Balaban J connectivity index is 1.70. The molecule has 3 rings (SSSR count). The minimum absolute atomic E-state index is 0.137. The van der Waals surface area contributed by atoms with Crippen molar-refractivity contribution in [3.05, 3.63) is 95.3 Å². The third kappa shape index (κ3) is 3.81. The van der Waals surface area contributed by atoms with Crippen LogP contribution in [-0.4, -0.2) is 23.4 Å². The number of nitrogens with one attached hydrogen (secondary N) is 2. The van der Waals surface area contributed by atoms with Crippen molar-refractivity contribution in [2.45, 2.75) is 0 Å². The predicted octanol–water partition coefficient (Wildman–Crippen LogP) is 1.77. The molecule has 0 spiro atoms. The number of hydrogen-bond donors (Lipinski definition) is 2.